The first-order valence-electron chi connectivity index (χ1n) is 9.16. The molecular weight excluding hydrogens is 326 g/mol. The van der Waals surface area contributed by atoms with Gasteiger partial charge < -0.3 is 16.0 Å². The molecule has 0 radical (unpaired) electrons. The summed E-state index contributed by atoms with van der Waals surface area (Å²) in [7, 11) is 0. The van der Waals surface area contributed by atoms with E-state index in [1.54, 1.807) is 24.3 Å². The topological polar surface area (TPSA) is 70.2 Å². The molecule has 0 unspecified atom stereocenters. The first-order valence-corrected chi connectivity index (χ1v) is 9.16. The summed E-state index contributed by atoms with van der Waals surface area (Å²) in [5.74, 6) is -0.202. The number of rotatable bonds is 4. The van der Waals surface area contributed by atoms with Crippen molar-refractivity contribution in [2.45, 2.75) is 45.1 Å². The van der Waals surface area contributed by atoms with Crippen LogP contribution in [-0.4, -0.2) is 18.0 Å². The van der Waals surface area contributed by atoms with Crippen LogP contribution in [0.1, 0.15) is 48.0 Å². The quantitative estimate of drug-likeness (QED) is 0.747. The van der Waals surface area contributed by atoms with Crippen molar-refractivity contribution in [1.82, 2.24) is 5.32 Å². The molecule has 1 aliphatic carbocycles. The molecule has 5 nitrogen and oxygen atoms in total. The lowest BCUT2D eigenvalue weighted by atomic mass is 9.96. The van der Waals surface area contributed by atoms with E-state index < -0.39 is 0 Å². The summed E-state index contributed by atoms with van der Waals surface area (Å²) in [5, 5.41) is 8.72. The number of urea groups is 1. The van der Waals surface area contributed by atoms with Crippen LogP contribution in [0.15, 0.2) is 48.5 Å². The molecule has 5 heteroatoms. The molecule has 1 fully saturated rings. The van der Waals surface area contributed by atoms with E-state index in [0.29, 0.717) is 11.3 Å². The lowest BCUT2D eigenvalue weighted by Crippen LogP contribution is -2.39. The number of benzene rings is 2. The van der Waals surface area contributed by atoms with E-state index in [0.717, 1.165) is 24.1 Å². The van der Waals surface area contributed by atoms with Gasteiger partial charge in [0.15, 0.2) is 0 Å². The lowest BCUT2D eigenvalue weighted by Gasteiger charge is -2.22. The van der Waals surface area contributed by atoms with Gasteiger partial charge in [-0.05, 0) is 55.7 Å². The number of hydrogen-bond donors (Lipinski definition) is 3. The van der Waals surface area contributed by atoms with Crippen molar-refractivity contribution in [3.8, 4) is 0 Å². The maximum absolute atomic E-state index is 12.4. The summed E-state index contributed by atoms with van der Waals surface area (Å²) in [4.78, 5) is 24.6. The molecule has 3 rings (SSSR count). The normalized spacial score (nSPS) is 14.5. The van der Waals surface area contributed by atoms with Gasteiger partial charge in [-0.2, -0.15) is 0 Å². The minimum Gasteiger partial charge on any atom is -0.335 e. The standard InChI is InChI=1S/C21H25N3O2/c1-15-7-5-11-18(13-15)22-20(25)16-8-6-12-19(14-16)24-21(26)23-17-9-3-2-4-10-17/h5-8,11-14,17H,2-4,9-10H2,1H3,(H,22,25)(H2,23,24,26). The van der Waals surface area contributed by atoms with Crippen molar-refractivity contribution in [2.24, 2.45) is 0 Å². The number of hydrogen-bond acceptors (Lipinski definition) is 2. The van der Waals surface area contributed by atoms with E-state index >= 15 is 0 Å². The molecule has 0 bridgehead atoms. The molecule has 0 heterocycles. The Morgan fingerprint density at radius 3 is 2.31 bits per heavy atom. The molecule has 0 atom stereocenters. The van der Waals surface area contributed by atoms with Crippen LogP contribution in [0.2, 0.25) is 0 Å². The minimum absolute atomic E-state index is 0.202. The van der Waals surface area contributed by atoms with Crippen LogP contribution in [-0.2, 0) is 0 Å². The van der Waals surface area contributed by atoms with Crippen LogP contribution in [0.3, 0.4) is 0 Å². The van der Waals surface area contributed by atoms with Crippen molar-refractivity contribution in [3.63, 3.8) is 0 Å². The second kappa shape index (κ2) is 8.52. The summed E-state index contributed by atoms with van der Waals surface area (Å²) in [6.07, 6.45) is 5.65. The number of anilines is 2. The predicted molar refractivity (Wildman–Crippen MR) is 105 cm³/mol. The van der Waals surface area contributed by atoms with E-state index in [1.165, 1.54) is 19.3 Å². The number of carbonyl (C=O) groups excluding carboxylic acids is 2. The Kier molecular flexibility index (Phi) is 5.89. The Labute approximate surface area is 154 Å². The Balaban J connectivity index is 1.60. The molecule has 0 aliphatic heterocycles. The van der Waals surface area contributed by atoms with Crippen LogP contribution < -0.4 is 16.0 Å². The minimum atomic E-state index is -0.215. The Morgan fingerprint density at radius 2 is 1.58 bits per heavy atom. The highest BCUT2D eigenvalue weighted by molar-refractivity contribution is 6.05. The van der Waals surface area contributed by atoms with Crippen molar-refractivity contribution < 1.29 is 9.59 Å². The third-order valence-corrected chi connectivity index (χ3v) is 4.60. The highest BCUT2D eigenvalue weighted by Gasteiger charge is 2.16. The monoisotopic (exact) mass is 351 g/mol. The van der Waals surface area contributed by atoms with Gasteiger partial charge in [0.2, 0.25) is 0 Å². The predicted octanol–water partition coefficient (Wildman–Crippen LogP) is 4.70. The van der Waals surface area contributed by atoms with Crippen molar-refractivity contribution in [1.29, 1.82) is 0 Å². The SMILES string of the molecule is Cc1cccc(NC(=O)c2cccc(NC(=O)NC3CCCCC3)c2)c1. The van der Waals surface area contributed by atoms with E-state index in [-0.39, 0.29) is 18.0 Å². The largest absolute Gasteiger partial charge is 0.335 e. The van der Waals surface area contributed by atoms with E-state index in [1.807, 2.05) is 31.2 Å². The van der Waals surface area contributed by atoms with Crippen LogP contribution in [0.4, 0.5) is 16.2 Å². The zero-order chi connectivity index (χ0) is 18.4. The second-order valence-corrected chi connectivity index (χ2v) is 6.84. The van der Waals surface area contributed by atoms with E-state index in [4.69, 9.17) is 0 Å². The molecule has 3 N–H and O–H groups in total. The third-order valence-electron chi connectivity index (χ3n) is 4.60. The van der Waals surface area contributed by atoms with Gasteiger partial charge >= 0.3 is 6.03 Å². The molecule has 2 aromatic carbocycles. The highest BCUT2D eigenvalue weighted by Crippen LogP contribution is 2.18. The van der Waals surface area contributed by atoms with Crippen LogP contribution in [0.5, 0.6) is 0 Å². The summed E-state index contributed by atoms with van der Waals surface area (Å²) >= 11 is 0. The fourth-order valence-electron chi connectivity index (χ4n) is 3.26. The summed E-state index contributed by atoms with van der Waals surface area (Å²) < 4.78 is 0. The second-order valence-electron chi connectivity index (χ2n) is 6.84. The van der Waals surface area contributed by atoms with Crippen LogP contribution in [0, 0.1) is 6.92 Å². The molecular formula is C21H25N3O2. The van der Waals surface area contributed by atoms with Gasteiger partial charge in [-0.15, -0.1) is 0 Å². The number of aryl methyl sites for hydroxylation is 1. The van der Waals surface area contributed by atoms with Crippen molar-refractivity contribution >= 4 is 23.3 Å². The van der Waals surface area contributed by atoms with Crippen molar-refractivity contribution in [3.05, 3.63) is 59.7 Å². The van der Waals surface area contributed by atoms with Crippen LogP contribution >= 0.6 is 0 Å². The van der Waals surface area contributed by atoms with Crippen molar-refractivity contribution in [2.75, 3.05) is 10.6 Å². The van der Waals surface area contributed by atoms with Gasteiger partial charge in [0, 0.05) is 23.0 Å². The summed E-state index contributed by atoms with van der Waals surface area (Å²) in [6.45, 7) is 1.98. The molecule has 1 saturated carbocycles. The van der Waals surface area contributed by atoms with Gasteiger partial charge in [-0.25, -0.2) is 4.79 Å². The van der Waals surface area contributed by atoms with Gasteiger partial charge in [0.25, 0.3) is 5.91 Å². The number of amides is 3. The Bertz CT molecular complexity index is 782. The molecule has 26 heavy (non-hydrogen) atoms. The van der Waals surface area contributed by atoms with Gasteiger partial charge in [-0.1, -0.05) is 37.5 Å². The Hall–Kier alpha value is -2.82. The zero-order valence-electron chi connectivity index (χ0n) is 15.0. The zero-order valence-corrected chi connectivity index (χ0v) is 15.0. The van der Waals surface area contributed by atoms with E-state index in [2.05, 4.69) is 16.0 Å². The highest BCUT2D eigenvalue weighted by atomic mass is 16.2. The van der Waals surface area contributed by atoms with E-state index in [9.17, 15) is 9.59 Å². The molecule has 0 spiro atoms. The first-order chi connectivity index (χ1) is 12.6. The summed E-state index contributed by atoms with van der Waals surface area (Å²) in [6, 6.07) is 14.6. The first kappa shape index (κ1) is 18.0. The van der Waals surface area contributed by atoms with Gasteiger partial charge in [-0.3, -0.25) is 4.79 Å². The summed E-state index contributed by atoms with van der Waals surface area (Å²) in [5.41, 5.74) is 2.94. The molecule has 136 valence electrons. The third kappa shape index (κ3) is 5.09. The molecule has 3 amide bonds. The van der Waals surface area contributed by atoms with Gasteiger partial charge in [0.1, 0.15) is 0 Å². The smallest absolute Gasteiger partial charge is 0.319 e. The Morgan fingerprint density at radius 1 is 0.885 bits per heavy atom. The molecule has 0 saturated heterocycles. The average molecular weight is 351 g/mol. The maximum Gasteiger partial charge on any atom is 0.319 e. The number of carbonyl (C=O) groups is 2. The lowest BCUT2D eigenvalue weighted by molar-refractivity contribution is 0.102. The molecule has 2 aromatic rings. The van der Waals surface area contributed by atoms with Crippen LogP contribution in [0.25, 0.3) is 0 Å². The number of nitrogens with one attached hydrogen (secondary N) is 3. The average Bonchev–Trinajstić information content (AvgIpc) is 2.62. The van der Waals surface area contributed by atoms with Gasteiger partial charge in [0.05, 0.1) is 0 Å². The fraction of sp³-hybridized carbons (Fsp3) is 0.333. The molecule has 1 aliphatic rings. The fourth-order valence-corrected chi connectivity index (χ4v) is 3.26. The molecule has 0 aromatic heterocycles. The maximum atomic E-state index is 12.4.